The molecule has 1 aromatic carbocycles. The van der Waals surface area contributed by atoms with Crippen LogP contribution < -0.4 is 4.72 Å². The summed E-state index contributed by atoms with van der Waals surface area (Å²) in [5.74, 6) is -0.552. The minimum atomic E-state index is -4.51. The number of hydrogen-bond acceptors (Lipinski definition) is 3. The highest BCUT2D eigenvalue weighted by Gasteiger charge is 2.34. The third-order valence-corrected chi connectivity index (χ3v) is 4.71. The number of nitrogens with zero attached hydrogens (tertiary/aromatic N) is 2. The zero-order chi connectivity index (χ0) is 18.0. The van der Waals surface area contributed by atoms with Crippen LogP contribution in [0, 0.1) is 12.7 Å². The molecule has 0 aliphatic rings. The fraction of sp³-hybridized carbons (Fsp3) is 0.357. The highest BCUT2D eigenvalue weighted by atomic mass is 32.2. The van der Waals surface area contributed by atoms with E-state index in [2.05, 4.69) is 9.82 Å². The highest BCUT2D eigenvalue weighted by molar-refractivity contribution is 7.89. The van der Waals surface area contributed by atoms with Crippen LogP contribution in [-0.4, -0.2) is 24.7 Å². The molecule has 0 unspecified atom stereocenters. The van der Waals surface area contributed by atoms with Crippen LogP contribution in [-0.2, 0) is 22.7 Å². The summed E-state index contributed by atoms with van der Waals surface area (Å²) in [5, 5.41) is 3.46. The van der Waals surface area contributed by atoms with Crippen molar-refractivity contribution in [2.75, 3.05) is 6.54 Å². The first kappa shape index (κ1) is 18.4. The summed E-state index contributed by atoms with van der Waals surface area (Å²) in [4.78, 5) is -0.0847. The van der Waals surface area contributed by atoms with Crippen LogP contribution in [0.15, 0.2) is 35.2 Å². The van der Waals surface area contributed by atoms with Crippen molar-refractivity contribution >= 4 is 10.0 Å². The largest absolute Gasteiger partial charge is 0.435 e. The summed E-state index contributed by atoms with van der Waals surface area (Å²) < 4.78 is 77.8. The molecule has 10 heteroatoms. The van der Waals surface area contributed by atoms with Gasteiger partial charge in [0.2, 0.25) is 10.0 Å². The lowest BCUT2D eigenvalue weighted by Gasteiger charge is -2.08. The minimum absolute atomic E-state index is 0.0142. The Hall–Kier alpha value is -1.94. The van der Waals surface area contributed by atoms with Crippen molar-refractivity contribution < 1.29 is 26.0 Å². The van der Waals surface area contributed by atoms with Gasteiger partial charge in [-0.1, -0.05) is 0 Å². The standard InChI is InChI=1S/C14H15F4N3O2S/c1-10-9-13(14(16,17)18)20-21(10)8-2-7-19-24(22,23)12-5-3-11(15)4-6-12/h3-6,9,19H,2,7-8H2,1H3. The second-order valence-corrected chi connectivity index (χ2v) is 6.86. The SMILES string of the molecule is Cc1cc(C(F)(F)F)nn1CCCNS(=O)(=O)c1ccc(F)cc1. The number of aromatic nitrogens is 2. The molecule has 0 aliphatic heterocycles. The van der Waals surface area contributed by atoms with Gasteiger partial charge in [0.25, 0.3) is 0 Å². The van der Waals surface area contributed by atoms with Crippen molar-refractivity contribution in [2.24, 2.45) is 0 Å². The van der Waals surface area contributed by atoms with Crippen LogP contribution in [0.1, 0.15) is 17.8 Å². The Labute approximate surface area is 136 Å². The van der Waals surface area contributed by atoms with E-state index in [1.54, 1.807) is 0 Å². The number of rotatable bonds is 6. The Morgan fingerprint density at radius 1 is 1.21 bits per heavy atom. The molecule has 1 N–H and O–H groups in total. The van der Waals surface area contributed by atoms with Gasteiger partial charge in [-0.25, -0.2) is 17.5 Å². The molecule has 0 bridgehead atoms. The normalized spacial score (nSPS) is 12.5. The highest BCUT2D eigenvalue weighted by Crippen LogP contribution is 2.28. The van der Waals surface area contributed by atoms with Crippen LogP contribution in [0.3, 0.4) is 0 Å². The second-order valence-electron chi connectivity index (χ2n) is 5.10. The van der Waals surface area contributed by atoms with E-state index >= 15 is 0 Å². The Morgan fingerprint density at radius 3 is 2.38 bits per heavy atom. The van der Waals surface area contributed by atoms with Gasteiger partial charge in [0, 0.05) is 18.8 Å². The molecule has 0 saturated heterocycles. The molecule has 0 radical (unpaired) electrons. The van der Waals surface area contributed by atoms with Gasteiger partial charge in [-0.3, -0.25) is 4.68 Å². The molecule has 0 saturated carbocycles. The number of hydrogen-bond donors (Lipinski definition) is 1. The molecule has 5 nitrogen and oxygen atoms in total. The van der Waals surface area contributed by atoms with Crippen LogP contribution in [0.4, 0.5) is 17.6 Å². The molecule has 2 aromatic rings. The molecule has 0 atom stereocenters. The van der Waals surface area contributed by atoms with Crippen molar-refractivity contribution in [3.05, 3.63) is 47.5 Å². The zero-order valence-corrected chi connectivity index (χ0v) is 13.5. The third-order valence-electron chi connectivity index (χ3n) is 3.23. The van der Waals surface area contributed by atoms with Gasteiger partial charge < -0.3 is 0 Å². The number of nitrogens with one attached hydrogen (secondary N) is 1. The van der Waals surface area contributed by atoms with Crippen LogP contribution in [0.2, 0.25) is 0 Å². The molecule has 2 rings (SSSR count). The average Bonchev–Trinajstić information content (AvgIpc) is 2.85. The van der Waals surface area contributed by atoms with Crippen LogP contribution in [0.5, 0.6) is 0 Å². The molecule has 132 valence electrons. The average molecular weight is 365 g/mol. The van der Waals surface area contributed by atoms with E-state index in [4.69, 9.17) is 0 Å². The molecule has 1 aromatic heterocycles. The lowest BCUT2D eigenvalue weighted by molar-refractivity contribution is -0.141. The van der Waals surface area contributed by atoms with Crippen molar-refractivity contribution in [1.29, 1.82) is 0 Å². The molecular weight excluding hydrogens is 350 g/mol. The number of aryl methyl sites for hydroxylation is 2. The topological polar surface area (TPSA) is 64.0 Å². The van der Waals surface area contributed by atoms with Gasteiger partial charge in [-0.15, -0.1) is 0 Å². The maximum absolute atomic E-state index is 12.8. The van der Waals surface area contributed by atoms with Gasteiger partial charge >= 0.3 is 6.18 Å². The van der Waals surface area contributed by atoms with Crippen molar-refractivity contribution in [2.45, 2.75) is 31.0 Å². The first-order valence-electron chi connectivity index (χ1n) is 6.96. The van der Waals surface area contributed by atoms with Crippen LogP contribution in [0.25, 0.3) is 0 Å². The summed E-state index contributed by atoms with van der Waals surface area (Å²) in [6, 6.07) is 5.25. The van der Waals surface area contributed by atoms with E-state index in [1.807, 2.05) is 0 Å². The lowest BCUT2D eigenvalue weighted by Crippen LogP contribution is -2.25. The van der Waals surface area contributed by atoms with Gasteiger partial charge in [-0.2, -0.15) is 18.3 Å². The lowest BCUT2D eigenvalue weighted by atomic mass is 10.3. The first-order valence-corrected chi connectivity index (χ1v) is 8.45. The van der Waals surface area contributed by atoms with Crippen molar-refractivity contribution in [3.8, 4) is 0 Å². The minimum Gasteiger partial charge on any atom is -0.269 e. The summed E-state index contributed by atoms with van der Waals surface area (Å²) in [6.45, 7) is 1.64. The molecular formula is C14H15F4N3O2S. The van der Waals surface area contributed by atoms with E-state index in [1.165, 1.54) is 11.6 Å². The summed E-state index contributed by atoms with van der Waals surface area (Å²) in [5.41, 5.74) is -0.643. The second kappa shape index (κ2) is 6.89. The van der Waals surface area contributed by atoms with Gasteiger partial charge in [0.1, 0.15) is 5.82 Å². The predicted octanol–water partition coefficient (Wildman–Crippen LogP) is 2.72. The molecule has 1 heterocycles. The molecule has 0 spiro atoms. The van der Waals surface area contributed by atoms with Gasteiger partial charge in [0.15, 0.2) is 5.69 Å². The summed E-state index contributed by atoms with van der Waals surface area (Å²) in [7, 11) is -3.79. The van der Waals surface area contributed by atoms with Crippen molar-refractivity contribution in [3.63, 3.8) is 0 Å². The Morgan fingerprint density at radius 2 is 1.83 bits per heavy atom. The van der Waals surface area contributed by atoms with Crippen LogP contribution >= 0.6 is 0 Å². The summed E-state index contributed by atoms with van der Waals surface area (Å²) in [6.07, 6.45) is -4.26. The molecule has 0 fully saturated rings. The van der Waals surface area contributed by atoms with E-state index in [0.29, 0.717) is 5.69 Å². The first-order chi connectivity index (χ1) is 11.1. The van der Waals surface area contributed by atoms with Gasteiger partial charge in [0.05, 0.1) is 4.90 Å². The number of halogens is 4. The maximum Gasteiger partial charge on any atom is 0.435 e. The monoisotopic (exact) mass is 365 g/mol. The summed E-state index contributed by atoms with van der Waals surface area (Å²) >= 11 is 0. The predicted molar refractivity (Wildman–Crippen MR) is 78.2 cm³/mol. The zero-order valence-electron chi connectivity index (χ0n) is 12.6. The van der Waals surface area contributed by atoms with Gasteiger partial charge in [-0.05, 0) is 43.7 Å². The fourth-order valence-electron chi connectivity index (χ4n) is 2.01. The Bertz CT molecular complexity index is 798. The maximum atomic E-state index is 12.8. The Kier molecular flexibility index (Phi) is 5.29. The molecule has 0 aliphatic carbocycles. The van der Waals surface area contributed by atoms with E-state index < -0.39 is 27.7 Å². The smallest absolute Gasteiger partial charge is 0.269 e. The third kappa shape index (κ3) is 4.54. The quantitative estimate of drug-likeness (QED) is 0.632. The number of benzene rings is 1. The number of alkyl halides is 3. The van der Waals surface area contributed by atoms with E-state index in [9.17, 15) is 26.0 Å². The molecule has 0 amide bonds. The van der Waals surface area contributed by atoms with E-state index in [-0.39, 0.29) is 24.4 Å². The number of sulfonamides is 1. The van der Waals surface area contributed by atoms with Crippen molar-refractivity contribution in [1.82, 2.24) is 14.5 Å². The molecule has 24 heavy (non-hydrogen) atoms. The van der Waals surface area contributed by atoms with E-state index in [0.717, 1.165) is 30.3 Å². The fourth-order valence-corrected chi connectivity index (χ4v) is 3.08. The Balaban J connectivity index is 1.91.